The van der Waals surface area contributed by atoms with Crippen LogP contribution in [-0.2, 0) is 6.54 Å². The second-order valence-corrected chi connectivity index (χ2v) is 8.18. The van der Waals surface area contributed by atoms with Crippen molar-refractivity contribution in [1.82, 2.24) is 19.8 Å². The Kier molecular flexibility index (Phi) is 4.62. The number of halogens is 3. The van der Waals surface area contributed by atoms with Gasteiger partial charge in [-0.25, -0.2) is 4.98 Å². The second kappa shape index (κ2) is 7.21. The number of amides is 1. The summed E-state index contributed by atoms with van der Waals surface area (Å²) in [6.07, 6.45) is -3.61. The minimum atomic E-state index is -3.61. The molecule has 30 heavy (non-hydrogen) atoms. The van der Waals surface area contributed by atoms with Gasteiger partial charge in [-0.1, -0.05) is 22.0 Å². The lowest BCUT2D eigenvalue weighted by atomic mass is 10.1. The van der Waals surface area contributed by atoms with E-state index in [-0.39, 0.29) is 17.4 Å². The van der Waals surface area contributed by atoms with Crippen LogP contribution in [0, 0.1) is 0 Å². The van der Waals surface area contributed by atoms with E-state index >= 15 is 0 Å². The zero-order valence-corrected chi connectivity index (χ0v) is 17.3. The highest BCUT2D eigenvalue weighted by Gasteiger charge is 2.43. The van der Waals surface area contributed by atoms with Crippen molar-refractivity contribution in [2.24, 2.45) is 0 Å². The molecule has 0 radical (unpaired) electrons. The number of carbonyl (C=O) groups excluding carboxylic acids is 1. The van der Waals surface area contributed by atoms with Crippen LogP contribution in [0.15, 0.2) is 40.9 Å². The van der Waals surface area contributed by atoms with Gasteiger partial charge >= 0.3 is 6.29 Å². The SMILES string of the molecule is O=C(c1nc2ccc(Br)cc2[nH]1)N1CCN(Cc2ccc3c(c2)OC(F)(F)O3)CC1. The lowest BCUT2D eigenvalue weighted by Crippen LogP contribution is -2.48. The van der Waals surface area contributed by atoms with Crippen molar-refractivity contribution in [1.29, 1.82) is 0 Å². The number of piperazine rings is 1. The van der Waals surface area contributed by atoms with Crippen molar-refractivity contribution < 1.29 is 23.0 Å². The maximum atomic E-state index is 13.2. The van der Waals surface area contributed by atoms with Gasteiger partial charge in [-0.3, -0.25) is 9.69 Å². The van der Waals surface area contributed by atoms with Crippen molar-refractivity contribution in [3.8, 4) is 11.5 Å². The van der Waals surface area contributed by atoms with Crippen LogP contribution in [0.3, 0.4) is 0 Å². The Labute approximate surface area is 178 Å². The maximum absolute atomic E-state index is 13.2. The smallest absolute Gasteiger partial charge is 0.395 e. The molecule has 3 aromatic rings. The third kappa shape index (κ3) is 3.72. The van der Waals surface area contributed by atoms with Gasteiger partial charge in [0.25, 0.3) is 5.91 Å². The molecule has 1 saturated heterocycles. The number of carbonyl (C=O) groups is 1. The highest BCUT2D eigenvalue weighted by atomic mass is 79.9. The number of hydrogen-bond donors (Lipinski definition) is 1. The molecule has 10 heteroatoms. The van der Waals surface area contributed by atoms with Crippen LogP contribution in [0.4, 0.5) is 8.78 Å². The van der Waals surface area contributed by atoms with E-state index in [1.165, 1.54) is 6.07 Å². The first kappa shape index (κ1) is 19.3. The summed E-state index contributed by atoms with van der Waals surface area (Å²) < 4.78 is 36.2. The Morgan fingerprint density at radius 2 is 1.87 bits per heavy atom. The second-order valence-electron chi connectivity index (χ2n) is 7.26. The summed E-state index contributed by atoms with van der Waals surface area (Å²) in [6.45, 7) is 3.03. The monoisotopic (exact) mass is 478 g/mol. The van der Waals surface area contributed by atoms with Crippen molar-refractivity contribution in [3.63, 3.8) is 0 Å². The van der Waals surface area contributed by atoms with E-state index in [9.17, 15) is 13.6 Å². The summed E-state index contributed by atoms with van der Waals surface area (Å²) >= 11 is 3.41. The Hall–Kier alpha value is -2.72. The van der Waals surface area contributed by atoms with Gasteiger partial charge in [-0.15, -0.1) is 8.78 Å². The first-order chi connectivity index (χ1) is 14.4. The predicted molar refractivity (Wildman–Crippen MR) is 108 cm³/mol. The summed E-state index contributed by atoms with van der Waals surface area (Å²) in [5.41, 5.74) is 2.39. The lowest BCUT2D eigenvalue weighted by Gasteiger charge is -2.34. The molecule has 0 spiro atoms. The molecule has 156 valence electrons. The van der Waals surface area contributed by atoms with Crippen LogP contribution >= 0.6 is 15.9 Å². The zero-order chi connectivity index (χ0) is 20.9. The largest absolute Gasteiger partial charge is 0.586 e. The molecule has 2 aromatic carbocycles. The number of nitrogens with zero attached hydrogens (tertiary/aromatic N) is 3. The molecule has 5 rings (SSSR count). The molecule has 0 atom stereocenters. The third-order valence-corrected chi connectivity index (χ3v) is 5.67. The number of benzene rings is 2. The molecule has 1 fully saturated rings. The molecule has 1 aromatic heterocycles. The molecule has 7 nitrogen and oxygen atoms in total. The highest BCUT2D eigenvalue weighted by Crippen LogP contribution is 2.41. The highest BCUT2D eigenvalue weighted by molar-refractivity contribution is 9.10. The van der Waals surface area contributed by atoms with E-state index in [4.69, 9.17) is 0 Å². The molecular formula is C20H17BrF2N4O3. The number of aromatic amines is 1. The van der Waals surface area contributed by atoms with Crippen LogP contribution < -0.4 is 9.47 Å². The average molecular weight is 479 g/mol. The number of H-pyrrole nitrogens is 1. The third-order valence-electron chi connectivity index (χ3n) is 5.18. The summed E-state index contributed by atoms with van der Waals surface area (Å²) in [4.78, 5) is 24.2. The van der Waals surface area contributed by atoms with Gasteiger partial charge < -0.3 is 19.4 Å². The Bertz CT molecular complexity index is 1130. The molecule has 3 heterocycles. The molecule has 0 bridgehead atoms. The summed E-state index contributed by atoms with van der Waals surface area (Å²) in [5, 5.41) is 0. The van der Waals surface area contributed by atoms with Crippen molar-refractivity contribution in [2.45, 2.75) is 12.8 Å². The number of ether oxygens (including phenoxy) is 2. The average Bonchev–Trinajstić information content (AvgIpc) is 3.26. The van der Waals surface area contributed by atoms with Crippen LogP contribution in [0.5, 0.6) is 11.5 Å². The molecule has 0 aliphatic carbocycles. The number of aromatic nitrogens is 2. The van der Waals surface area contributed by atoms with Crippen LogP contribution in [0.25, 0.3) is 11.0 Å². The number of rotatable bonds is 3. The number of nitrogens with one attached hydrogen (secondary N) is 1. The van der Waals surface area contributed by atoms with Gasteiger partial charge in [0.15, 0.2) is 17.3 Å². The van der Waals surface area contributed by atoms with Crippen LogP contribution in [-0.4, -0.2) is 58.1 Å². The number of fused-ring (bicyclic) bond motifs is 2. The van der Waals surface area contributed by atoms with Gasteiger partial charge in [0.2, 0.25) is 0 Å². The van der Waals surface area contributed by atoms with E-state index < -0.39 is 6.29 Å². The standard InChI is InChI=1S/C20H17BrF2N4O3/c21-13-2-3-14-15(10-13)25-18(24-14)19(28)27-7-5-26(6-8-27)11-12-1-4-16-17(9-12)30-20(22,23)29-16/h1-4,9-10H,5-8,11H2,(H,24,25). The molecule has 1 N–H and O–H groups in total. The van der Waals surface area contributed by atoms with Gasteiger partial charge in [0.05, 0.1) is 11.0 Å². The fraction of sp³-hybridized carbons (Fsp3) is 0.300. The topological polar surface area (TPSA) is 70.7 Å². The number of hydrogen-bond acceptors (Lipinski definition) is 5. The number of imidazole rings is 1. The fourth-order valence-corrected chi connectivity index (χ4v) is 4.05. The van der Waals surface area contributed by atoms with E-state index in [1.54, 1.807) is 17.0 Å². The van der Waals surface area contributed by atoms with Gasteiger partial charge in [0, 0.05) is 37.2 Å². The molecule has 0 saturated carbocycles. The van der Waals surface area contributed by atoms with Gasteiger partial charge in [-0.05, 0) is 35.9 Å². The van der Waals surface area contributed by atoms with Crippen molar-refractivity contribution >= 4 is 32.9 Å². The first-order valence-corrected chi connectivity index (χ1v) is 10.2. The molecule has 2 aliphatic heterocycles. The Morgan fingerprint density at radius 1 is 1.10 bits per heavy atom. The summed E-state index contributed by atoms with van der Waals surface area (Å²) in [7, 11) is 0. The first-order valence-electron chi connectivity index (χ1n) is 9.42. The van der Waals surface area contributed by atoms with Crippen LogP contribution in [0.2, 0.25) is 0 Å². The quantitative estimate of drug-likeness (QED) is 0.622. The summed E-state index contributed by atoms with van der Waals surface area (Å²) in [5.74, 6) is 0.278. The van der Waals surface area contributed by atoms with E-state index in [1.807, 2.05) is 18.2 Å². The van der Waals surface area contributed by atoms with E-state index in [0.717, 1.165) is 21.1 Å². The Morgan fingerprint density at radius 3 is 2.67 bits per heavy atom. The van der Waals surface area contributed by atoms with Crippen molar-refractivity contribution in [2.75, 3.05) is 26.2 Å². The summed E-state index contributed by atoms with van der Waals surface area (Å²) in [6, 6.07) is 10.4. The maximum Gasteiger partial charge on any atom is 0.586 e. The Balaban J connectivity index is 1.21. The fourth-order valence-electron chi connectivity index (χ4n) is 3.69. The van der Waals surface area contributed by atoms with E-state index in [2.05, 4.69) is 40.3 Å². The predicted octanol–water partition coefficient (Wildman–Crippen LogP) is 3.60. The normalized spacial score (nSPS) is 18.2. The zero-order valence-electron chi connectivity index (χ0n) is 15.7. The van der Waals surface area contributed by atoms with Gasteiger partial charge in [-0.2, -0.15) is 0 Å². The molecule has 0 unspecified atom stereocenters. The van der Waals surface area contributed by atoms with Crippen LogP contribution in [0.1, 0.15) is 16.2 Å². The molecular weight excluding hydrogens is 462 g/mol. The van der Waals surface area contributed by atoms with E-state index in [0.29, 0.717) is 38.5 Å². The molecule has 1 amide bonds. The van der Waals surface area contributed by atoms with Crippen molar-refractivity contribution in [3.05, 3.63) is 52.3 Å². The molecule has 2 aliphatic rings. The lowest BCUT2D eigenvalue weighted by molar-refractivity contribution is -0.286. The minimum Gasteiger partial charge on any atom is -0.395 e. The number of alkyl halides is 2. The minimum absolute atomic E-state index is 0.0389. The van der Waals surface area contributed by atoms with Gasteiger partial charge in [0.1, 0.15) is 0 Å².